The third kappa shape index (κ3) is 28.3. The molecule has 0 aromatic heterocycles. The van der Waals surface area contributed by atoms with Crippen molar-refractivity contribution in [2.45, 2.75) is 141 Å². The van der Waals surface area contributed by atoms with E-state index in [0.29, 0.717) is 6.42 Å². The Labute approximate surface area is 222 Å². The maximum Gasteiger partial charge on any atom is 0.115 e. The average molecular weight is 497 g/mol. The van der Waals surface area contributed by atoms with Crippen molar-refractivity contribution in [1.82, 2.24) is 0 Å². The summed E-state index contributed by atoms with van der Waals surface area (Å²) in [6, 6.07) is 0. The molecule has 3 heteroatoms. The van der Waals surface area contributed by atoms with Crippen LogP contribution in [0, 0.1) is 36.0 Å². The van der Waals surface area contributed by atoms with Gasteiger partial charge in [0.25, 0.3) is 0 Å². The van der Waals surface area contributed by atoms with Gasteiger partial charge >= 0.3 is 0 Å². The Morgan fingerprint density at radius 2 is 1.08 bits per heavy atom. The maximum atomic E-state index is 9.72. The van der Waals surface area contributed by atoms with Crippen LogP contribution in [0.25, 0.3) is 0 Å². The first-order valence-corrected chi connectivity index (χ1v) is 14.4. The van der Waals surface area contributed by atoms with E-state index >= 15 is 0 Å². The van der Waals surface area contributed by atoms with E-state index in [2.05, 4.69) is 41.8 Å². The third-order valence-electron chi connectivity index (χ3n) is 6.27. The normalized spacial score (nSPS) is 12.6. The topological polar surface area (TPSA) is 60.7 Å². The Hall–Kier alpha value is -1.96. The molecule has 0 aromatic rings. The molecule has 0 spiro atoms. The summed E-state index contributed by atoms with van der Waals surface area (Å²) in [5.74, 6) is 12.6. The second-order valence-electron chi connectivity index (χ2n) is 9.62. The summed E-state index contributed by atoms with van der Waals surface area (Å²) in [7, 11) is 0. The summed E-state index contributed by atoms with van der Waals surface area (Å²) in [4.78, 5) is 0. The fourth-order valence-corrected chi connectivity index (χ4v) is 4.11. The predicted molar refractivity (Wildman–Crippen MR) is 154 cm³/mol. The highest BCUT2D eigenvalue weighted by Gasteiger charge is 1.99. The van der Waals surface area contributed by atoms with Crippen LogP contribution in [0.2, 0.25) is 0 Å². The molecule has 36 heavy (non-hydrogen) atoms. The van der Waals surface area contributed by atoms with Gasteiger partial charge in [-0.05, 0) is 68.9 Å². The largest absolute Gasteiger partial charge is 0.389 e. The van der Waals surface area contributed by atoms with Crippen molar-refractivity contribution in [3.05, 3.63) is 24.3 Å². The van der Waals surface area contributed by atoms with E-state index in [-0.39, 0.29) is 12.7 Å². The summed E-state index contributed by atoms with van der Waals surface area (Å²) < 4.78 is 0. The predicted octanol–water partition coefficient (Wildman–Crippen LogP) is 7.25. The van der Waals surface area contributed by atoms with Crippen molar-refractivity contribution in [3.63, 3.8) is 0 Å². The third-order valence-corrected chi connectivity index (χ3v) is 6.27. The lowest BCUT2D eigenvalue weighted by molar-refractivity contribution is 0.208. The van der Waals surface area contributed by atoms with E-state index in [1.807, 2.05) is 0 Å². The molecule has 0 heterocycles. The minimum atomic E-state index is -0.595. The molecule has 3 nitrogen and oxygen atoms in total. The molecule has 3 N–H and O–H groups in total. The standard InChI is InChI=1S/C33H52O3/c1-2-3-27-32(35)28-23-20-18-16-14-12-10-8-6-4-5-7-9-11-13-15-17-19-21-24-29-33(36)30-25-22-26-31-34/h1,3-4,6,27,32-36H,5,7-21,23-24,28-29,31H2/b6-4-,27-3-/t32-,33?/m1/s1. The van der Waals surface area contributed by atoms with E-state index in [1.54, 1.807) is 12.2 Å². The fraction of sp³-hybridized carbons (Fsp3) is 0.697. The zero-order chi connectivity index (χ0) is 26.4. The number of terminal acetylenes is 1. The van der Waals surface area contributed by atoms with Gasteiger partial charge < -0.3 is 15.3 Å². The van der Waals surface area contributed by atoms with Crippen LogP contribution in [0.15, 0.2) is 24.3 Å². The number of rotatable bonds is 23. The van der Waals surface area contributed by atoms with E-state index in [9.17, 15) is 10.2 Å². The van der Waals surface area contributed by atoms with Gasteiger partial charge in [0, 0.05) is 0 Å². The van der Waals surface area contributed by atoms with Gasteiger partial charge in [-0.2, -0.15) is 0 Å². The first-order valence-electron chi connectivity index (χ1n) is 14.4. The van der Waals surface area contributed by atoms with Gasteiger partial charge in [-0.1, -0.05) is 113 Å². The molecule has 0 radical (unpaired) electrons. The molecule has 0 fully saturated rings. The SMILES string of the molecule is C#C/C=C\[C@@H](O)CCCCCCCCC/C=C\CCCCCCCCCCCC(O)C#CC#CCO. The van der Waals surface area contributed by atoms with Gasteiger partial charge in [-0.3, -0.25) is 0 Å². The molecular weight excluding hydrogens is 444 g/mol. The van der Waals surface area contributed by atoms with E-state index in [4.69, 9.17) is 11.5 Å². The molecule has 2 atom stereocenters. The van der Waals surface area contributed by atoms with Gasteiger partial charge in [0.1, 0.15) is 12.7 Å². The maximum absolute atomic E-state index is 9.72. The Balaban J connectivity index is 3.27. The fourth-order valence-electron chi connectivity index (χ4n) is 4.11. The Morgan fingerprint density at radius 3 is 1.58 bits per heavy atom. The second kappa shape index (κ2) is 29.3. The highest BCUT2D eigenvalue weighted by molar-refractivity contribution is 5.27. The Bertz CT molecular complexity index is 692. The number of allylic oxidation sites excluding steroid dienone is 3. The molecule has 0 aliphatic rings. The van der Waals surface area contributed by atoms with Crippen LogP contribution in [0.1, 0.15) is 128 Å². The Morgan fingerprint density at radius 1 is 0.611 bits per heavy atom. The van der Waals surface area contributed by atoms with Crippen LogP contribution in [0.5, 0.6) is 0 Å². The molecule has 0 aliphatic carbocycles. The van der Waals surface area contributed by atoms with Crippen molar-refractivity contribution in [3.8, 4) is 36.0 Å². The van der Waals surface area contributed by atoms with Gasteiger partial charge in [0.15, 0.2) is 0 Å². The highest BCUT2D eigenvalue weighted by atomic mass is 16.3. The quantitative estimate of drug-likeness (QED) is 0.0793. The zero-order valence-corrected chi connectivity index (χ0v) is 22.7. The summed E-state index contributed by atoms with van der Waals surface area (Å²) >= 11 is 0. The van der Waals surface area contributed by atoms with E-state index in [1.165, 1.54) is 96.3 Å². The first kappa shape index (κ1) is 34.0. The van der Waals surface area contributed by atoms with Crippen LogP contribution in [-0.2, 0) is 0 Å². The number of aliphatic hydroxyl groups is 3. The number of hydrogen-bond acceptors (Lipinski definition) is 3. The smallest absolute Gasteiger partial charge is 0.115 e. The van der Waals surface area contributed by atoms with Crippen LogP contribution >= 0.6 is 0 Å². The minimum Gasteiger partial charge on any atom is -0.389 e. The molecule has 0 saturated heterocycles. The molecule has 0 bridgehead atoms. The molecule has 202 valence electrons. The lowest BCUT2D eigenvalue weighted by Crippen LogP contribution is -2.01. The summed E-state index contributed by atoms with van der Waals surface area (Å²) in [5.41, 5.74) is 0. The van der Waals surface area contributed by atoms with Crippen molar-refractivity contribution in [2.24, 2.45) is 0 Å². The minimum absolute atomic E-state index is 0.188. The van der Waals surface area contributed by atoms with Crippen LogP contribution in [0.4, 0.5) is 0 Å². The van der Waals surface area contributed by atoms with Gasteiger partial charge in [-0.15, -0.1) is 6.42 Å². The van der Waals surface area contributed by atoms with E-state index < -0.39 is 6.10 Å². The lowest BCUT2D eigenvalue weighted by atomic mass is 10.0. The monoisotopic (exact) mass is 496 g/mol. The van der Waals surface area contributed by atoms with Crippen molar-refractivity contribution in [1.29, 1.82) is 0 Å². The summed E-state index contributed by atoms with van der Waals surface area (Å²) in [5, 5.41) is 27.9. The van der Waals surface area contributed by atoms with E-state index in [0.717, 1.165) is 25.7 Å². The number of hydrogen-bond donors (Lipinski definition) is 3. The molecule has 0 rings (SSSR count). The van der Waals surface area contributed by atoms with Crippen molar-refractivity contribution in [2.75, 3.05) is 6.61 Å². The number of aliphatic hydroxyl groups excluding tert-OH is 3. The van der Waals surface area contributed by atoms with Gasteiger partial charge in [0.2, 0.25) is 0 Å². The van der Waals surface area contributed by atoms with Crippen LogP contribution in [0.3, 0.4) is 0 Å². The molecular formula is C33H52O3. The molecule has 1 unspecified atom stereocenters. The molecule has 0 saturated carbocycles. The van der Waals surface area contributed by atoms with Gasteiger partial charge in [0.05, 0.1) is 6.10 Å². The molecule has 0 aliphatic heterocycles. The Kier molecular flexibility index (Phi) is 27.7. The number of unbranched alkanes of at least 4 members (excludes halogenated alkanes) is 16. The summed E-state index contributed by atoms with van der Waals surface area (Å²) in [6.45, 7) is -0.188. The lowest BCUT2D eigenvalue weighted by Gasteiger charge is -2.05. The second-order valence-corrected chi connectivity index (χ2v) is 9.62. The summed E-state index contributed by atoms with van der Waals surface area (Å²) in [6.07, 6.45) is 36.3. The van der Waals surface area contributed by atoms with Crippen LogP contribution in [-0.4, -0.2) is 34.1 Å². The molecule has 0 aromatic carbocycles. The van der Waals surface area contributed by atoms with Crippen LogP contribution < -0.4 is 0 Å². The molecule has 0 amide bonds. The van der Waals surface area contributed by atoms with Crippen molar-refractivity contribution < 1.29 is 15.3 Å². The zero-order valence-electron chi connectivity index (χ0n) is 22.7. The van der Waals surface area contributed by atoms with Gasteiger partial charge in [-0.25, -0.2) is 0 Å². The van der Waals surface area contributed by atoms with Crippen molar-refractivity contribution >= 4 is 0 Å². The highest BCUT2D eigenvalue weighted by Crippen LogP contribution is 2.13. The average Bonchev–Trinajstić information content (AvgIpc) is 2.88. The first-order chi connectivity index (χ1) is 17.7.